The summed E-state index contributed by atoms with van der Waals surface area (Å²) in [6.45, 7) is 1.68. The molecule has 0 saturated carbocycles. The Morgan fingerprint density at radius 1 is 1.24 bits per heavy atom. The van der Waals surface area contributed by atoms with E-state index in [1.54, 1.807) is 19.1 Å². The number of hydrogen-bond donors (Lipinski definition) is 3. The maximum absolute atomic E-state index is 12.1. The van der Waals surface area contributed by atoms with Crippen molar-refractivity contribution in [2.75, 3.05) is 14.2 Å². The lowest BCUT2D eigenvalue weighted by atomic mass is 10.0. The van der Waals surface area contributed by atoms with Gasteiger partial charge in [0.1, 0.15) is 0 Å². The quantitative estimate of drug-likeness (QED) is 0.795. The molecule has 0 radical (unpaired) electrons. The molecule has 0 aliphatic carbocycles. The van der Waals surface area contributed by atoms with E-state index in [2.05, 4.69) is 10.3 Å². The summed E-state index contributed by atoms with van der Waals surface area (Å²) in [5.41, 5.74) is 0.676. The van der Waals surface area contributed by atoms with Gasteiger partial charge >= 0.3 is 6.09 Å². The van der Waals surface area contributed by atoms with Crippen LogP contribution in [-0.2, 0) is 6.54 Å². The summed E-state index contributed by atoms with van der Waals surface area (Å²) < 4.78 is 10.5. The molecule has 3 N–H and O–H groups in total. The highest BCUT2D eigenvalue weighted by molar-refractivity contribution is 5.90. The number of aryl methyl sites for hydroxylation is 1. The van der Waals surface area contributed by atoms with Crippen LogP contribution in [0.25, 0.3) is 10.8 Å². The Hall–Kier alpha value is -2.70. The average Bonchev–Trinajstić information content (AvgIpc) is 2.45. The third-order valence-corrected chi connectivity index (χ3v) is 3.24. The van der Waals surface area contributed by atoms with Gasteiger partial charge in [0.15, 0.2) is 11.5 Å². The lowest BCUT2D eigenvalue weighted by Gasteiger charge is -2.13. The third-order valence-electron chi connectivity index (χ3n) is 3.24. The summed E-state index contributed by atoms with van der Waals surface area (Å²) in [5, 5.41) is 12.3. The number of ether oxygens (including phenoxy) is 2. The minimum absolute atomic E-state index is 0.0864. The average molecular weight is 292 g/mol. The van der Waals surface area contributed by atoms with E-state index in [0.29, 0.717) is 28.1 Å². The number of rotatable bonds is 4. The molecule has 0 atom stereocenters. The van der Waals surface area contributed by atoms with Crippen molar-refractivity contribution < 1.29 is 19.4 Å². The molecule has 0 unspecified atom stereocenters. The van der Waals surface area contributed by atoms with Gasteiger partial charge in [-0.15, -0.1) is 0 Å². The second-order valence-electron chi connectivity index (χ2n) is 4.47. The van der Waals surface area contributed by atoms with Gasteiger partial charge < -0.3 is 24.9 Å². The monoisotopic (exact) mass is 292 g/mol. The molecule has 1 heterocycles. The number of pyridine rings is 1. The van der Waals surface area contributed by atoms with Gasteiger partial charge in [-0.25, -0.2) is 4.79 Å². The molecule has 7 nitrogen and oxygen atoms in total. The number of aromatic nitrogens is 1. The zero-order valence-electron chi connectivity index (χ0n) is 11.9. The van der Waals surface area contributed by atoms with Crippen LogP contribution in [-0.4, -0.2) is 30.4 Å². The number of aromatic amines is 1. The van der Waals surface area contributed by atoms with E-state index in [-0.39, 0.29) is 12.1 Å². The predicted molar refractivity (Wildman–Crippen MR) is 77.3 cm³/mol. The van der Waals surface area contributed by atoms with Crippen molar-refractivity contribution in [3.8, 4) is 11.5 Å². The molecule has 0 aliphatic heterocycles. The standard InChI is InChI=1S/C14H16N2O5/c1-7-8-4-11(20-2)12(21-3)5-9(8)10(13(17)16-7)6-15-14(18)19/h4-5,15H,6H2,1-3H3,(H,16,17)(H,18,19). The lowest BCUT2D eigenvalue weighted by molar-refractivity contribution is 0.194. The molecule has 0 bridgehead atoms. The van der Waals surface area contributed by atoms with E-state index in [1.807, 2.05) is 0 Å². The van der Waals surface area contributed by atoms with Crippen LogP contribution in [0.2, 0.25) is 0 Å². The molecule has 1 aromatic heterocycles. The summed E-state index contributed by atoms with van der Waals surface area (Å²) in [6, 6.07) is 3.43. The SMILES string of the molecule is COc1cc2c(C)[nH]c(=O)c(CNC(=O)O)c2cc1OC. The van der Waals surface area contributed by atoms with E-state index < -0.39 is 6.09 Å². The van der Waals surface area contributed by atoms with Crippen LogP contribution in [0.15, 0.2) is 16.9 Å². The third kappa shape index (κ3) is 2.76. The number of fused-ring (bicyclic) bond motifs is 1. The molecule has 112 valence electrons. The van der Waals surface area contributed by atoms with Gasteiger partial charge in [-0.05, 0) is 24.4 Å². The Balaban J connectivity index is 2.72. The molecule has 0 saturated heterocycles. The Morgan fingerprint density at radius 3 is 2.33 bits per heavy atom. The molecular weight excluding hydrogens is 276 g/mol. The first kappa shape index (κ1) is 14.7. The van der Waals surface area contributed by atoms with Crippen molar-refractivity contribution in [3.05, 3.63) is 33.7 Å². The summed E-state index contributed by atoms with van der Waals surface area (Å²) in [4.78, 5) is 25.4. The van der Waals surface area contributed by atoms with Crippen LogP contribution in [0, 0.1) is 6.92 Å². The molecule has 0 aliphatic rings. The lowest BCUT2D eigenvalue weighted by Crippen LogP contribution is -2.25. The number of amides is 1. The van der Waals surface area contributed by atoms with Crippen molar-refractivity contribution in [3.63, 3.8) is 0 Å². The Labute approximate surface area is 120 Å². The van der Waals surface area contributed by atoms with Crippen LogP contribution in [0.5, 0.6) is 11.5 Å². The topological polar surface area (TPSA) is 101 Å². The van der Waals surface area contributed by atoms with Crippen LogP contribution in [0.1, 0.15) is 11.3 Å². The molecule has 1 amide bonds. The van der Waals surface area contributed by atoms with Crippen LogP contribution >= 0.6 is 0 Å². The highest BCUT2D eigenvalue weighted by Gasteiger charge is 2.14. The fourth-order valence-electron chi connectivity index (χ4n) is 2.21. The smallest absolute Gasteiger partial charge is 0.404 e. The zero-order chi connectivity index (χ0) is 15.6. The van der Waals surface area contributed by atoms with E-state index in [9.17, 15) is 9.59 Å². The first-order valence-electron chi connectivity index (χ1n) is 6.22. The number of benzene rings is 1. The van der Waals surface area contributed by atoms with Gasteiger partial charge in [-0.3, -0.25) is 4.79 Å². The van der Waals surface area contributed by atoms with Crippen molar-refractivity contribution in [1.29, 1.82) is 0 Å². The maximum atomic E-state index is 12.1. The molecule has 2 aromatic rings. The van der Waals surface area contributed by atoms with Crippen molar-refractivity contribution in [2.45, 2.75) is 13.5 Å². The molecule has 2 rings (SSSR count). The molecule has 0 spiro atoms. The molecule has 1 aromatic carbocycles. The molecule has 21 heavy (non-hydrogen) atoms. The van der Waals surface area contributed by atoms with Crippen molar-refractivity contribution in [1.82, 2.24) is 10.3 Å². The second-order valence-corrected chi connectivity index (χ2v) is 4.47. The Kier molecular flexibility index (Phi) is 4.02. The minimum atomic E-state index is -1.19. The number of nitrogens with one attached hydrogen (secondary N) is 2. The van der Waals surface area contributed by atoms with E-state index in [0.717, 1.165) is 5.39 Å². The van der Waals surface area contributed by atoms with Crippen LogP contribution < -0.4 is 20.3 Å². The number of methoxy groups -OCH3 is 2. The number of H-pyrrole nitrogens is 1. The molecule has 0 fully saturated rings. The second kappa shape index (κ2) is 5.74. The van der Waals surface area contributed by atoms with Gasteiger partial charge in [0, 0.05) is 16.6 Å². The Bertz CT molecular complexity index is 751. The van der Waals surface area contributed by atoms with Crippen LogP contribution in [0.4, 0.5) is 4.79 Å². The summed E-state index contributed by atoms with van der Waals surface area (Å²) >= 11 is 0. The van der Waals surface area contributed by atoms with Gasteiger partial charge in [-0.2, -0.15) is 0 Å². The highest BCUT2D eigenvalue weighted by Crippen LogP contribution is 2.33. The summed E-state index contributed by atoms with van der Waals surface area (Å²) in [6.07, 6.45) is -1.19. The van der Waals surface area contributed by atoms with Gasteiger partial charge in [0.25, 0.3) is 5.56 Å². The fourth-order valence-corrected chi connectivity index (χ4v) is 2.21. The predicted octanol–water partition coefficient (Wildman–Crippen LogP) is 1.62. The first-order valence-corrected chi connectivity index (χ1v) is 6.22. The summed E-state index contributed by atoms with van der Waals surface area (Å²) in [5.74, 6) is 1.02. The van der Waals surface area contributed by atoms with Crippen molar-refractivity contribution >= 4 is 16.9 Å². The first-order chi connectivity index (χ1) is 9.97. The van der Waals surface area contributed by atoms with E-state index in [1.165, 1.54) is 14.2 Å². The largest absolute Gasteiger partial charge is 0.493 e. The molecular formula is C14H16N2O5. The number of carbonyl (C=O) groups is 1. The fraction of sp³-hybridized carbons (Fsp3) is 0.286. The normalized spacial score (nSPS) is 10.4. The molecule has 7 heteroatoms. The highest BCUT2D eigenvalue weighted by atomic mass is 16.5. The van der Waals surface area contributed by atoms with Crippen LogP contribution in [0.3, 0.4) is 0 Å². The summed E-state index contributed by atoms with van der Waals surface area (Å²) in [7, 11) is 3.02. The van der Waals surface area contributed by atoms with Gasteiger partial charge in [0.05, 0.1) is 20.8 Å². The van der Waals surface area contributed by atoms with E-state index >= 15 is 0 Å². The van der Waals surface area contributed by atoms with Gasteiger partial charge in [0.2, 0.25) is 0 Å². The minimum Gasteiger partial charge on any atom is -0.493 e. The maximum Gasteiger partial charge on any atom is 0.404 e. The number of carboxylic acid groups (broad SMARTS) is 1. The zero-order valence-corrected chi connectivity index (χ0v) is 11.9. The van der Waals surface area contributed by atoms with Crippen molar-refractivity contribution in [2.24, 2.45) is 0 Å². The van der Waals surface area contributed by atoms with E-state index in [4.69, 9.17) is 14.6 Å². The number of hydrogen-bond acceptors (Lipinski definition) is 4. The van der Waals surface area contributed by atoms with Gasteiger partial charge in [-0.1, -0.05) is 0 Å². The Morgan fingerprint density at radius 2 is 1.81 bits per heavy atom.